The molecule has 2 aromatic rings. The Labute approximate surface area is 127 Å². The van der Waals surface area contributed by atoms with E-state index in [4.69, 9.17) is 5.73 Å². The Bertz CT molecular complexity index is 648. The summed E-state index contributed by atoms with van der Waals surface area (Å²) in [7, 11) is 0. The number of rotatable bonds is 3. The van der Waals surface area contributed by atoms with Crippen LogP contribution in [0.3, 0.4) is 0 Å². The largest absolute Gasteiger partial charge is 0.324 e. The predicted octanol–water partition coefficient (Wildman–Crippen LogP) is 4.10. The number of nitrogens with one attached hydrogen (secondary N) is 1. The zero-order valence-electron chi connectivity index (χ0n) is 13.1. The van der Waals surface area contributed by atoms with Crippen LogP contribution in [0.4, 0.5) is 0 Å². The van der Waals surface area contributed by atoms with E-state index in [9.17, 15) is 0 Å². The van der Waals surface area contributed by atoms with Crippen molar-refractivity contribution < 1.29 is 0 Å². The molecule has 3 unspecified atom stereocenters. The van der Waals surface area contributed by atoms with E-state index >= 15 is 0 Å². The summed E-state index contributed by atoms with van der Waals surface area (Å²) in [6.07, 6.45) is 0.981. The van der Waals surface area contributed by atoms with Gasteiger partial charge in [0.05, 0.1) is 0 Å². The van der Waals surface area contributed by atoms with Crippen molar-refractivity contribution in [3.63, 3.8) is 0 Å². The minimum absolute atomic E-state index is 0.157. The molecule has 3 N–H and O–H groups in total. The quantitative estimate of drug-likeness (QED) is 0.888. The van der Waals surface area contributed by atoms with Crippen molar-refractivity contribution >= 4 is 0 Å². The lowest BCUT2D eigenvalue weighted by Crippen LogP contribution is -2.24. The molecule has 0 bridgehead atoms. The van der Waals surface area contributed by atoms with Crippen LogP contribution in [-0.2, 0) is 0 Å². The standard InChI is InChI=1S/C19H24N2/c1-12-8-9-13(2)17(10-12)14(3)21-19-11-18(20)15-6-4-5-7-16(15)19/h4-10,14,18-19,21H,11,20H2,1-3H3. The van der Waals surface area contributed by atoms with Gasteiger partial charge in [0.15, 0.2) is 0 Å². The normalized spacial score (nSPS) is 22.1. The van der Waals surface area contributed by atoms with Crippen molar-refractivity contribution in [3.8, 4) is 0 Å². The van der Waals surface area contributed by atoms with Crippen LogP contribution in [0.1, 0.15) is 59.3 Å². The van der Waals surface area contributed by atoms with Gasteiger partial charge in [-0.1, -0.05) is 48.0 Å². The van der Waals surface area contributed by atoms with Gasteiger partial charge < -0.3 is 11.1 Å². The molecule has 1 aliphatic rings. The molecule has 0 spiro atoms. The highest BCUT2D eigenvalue weighted by Crippen LogP contribution is 2.38. The fraction of sp³-hybridized carbons (Fsp3) is 0.368. The molecule has 3 atom stereocenters. The Morgan fingerprint density at radius 2 is 1.81 bits per heavy atom. The lowest BCUT2D eigenvalue weighted by atomic mass is 9.98. The van der Waals surface area contributed by atoms with Crippen LogP contribution in [0.15, 0.2) is 42.5 Å². The van der Waals surface area contributed by atoms with E-state index in [0.717, 1.165) is 6.42 Å². The van der Waals surface area contributed by atoms with Gasteiger partial charge in [0.25, 0.3) is 0 Å². The van der Waals surface area contributed by atoms with Gasteiger partial charge in [0.1, 0.15) is 0 Å². The van der Waals surface area contributed by atoms with Crippen molar-refractivity contribution in [1.82, 2.24) is 5.32 Å². The zero-order valence-corrected chi connectivity index (χ0v) is 13.1. The third-order valence-corrected chi connectivity index (χ3v) is 4.61. The van der Waals surface area contributed by atoms with Crippen molar-refractivity contribution in [3.05, 3.63) is 70.3 Å². The zero-order chi connectivity index (χ0) is 15.0. The van der Waals surface area contributed by atoms with Crippen LogP contribution >= 0.6 is 0 Å². The third kappa shape index (κ3) is 2.74. The summed E-state index contributed by atoms with van der Waals surface area (Å²) in [5.74, 6) is 0. The molecule has 0 aromatic heterocycles. The minimum atomic E-state index is 0.157. The van der Waals surface area contributed by atoms with Crippen LogP contribution in [0, 0.1) is 13.8 Å². The summed E-state index contributed by atoms with van der Waals surface area (Å²) in [6.45, 7) is 6.58. The predicted molar refractivity (Wildman–Crippen MR) is 88.2 cm³/mol. The number of fused-ring (bicyclic) bond motifs is 1. The van der Waals surface area contributed by atoms with E-state index in [1.807, 2.05) is 0 Å². The second-order valence-corrected chi connectivity index (χ2v) is 6.27. The Morgan fingerprint density at radius 1 is 1.10 bits per heavy atom. The average molecular weight is 280 g/mol. The molecular formula is C19H24N2. The molecule has 0 fully saturated rings. The van der Waals surface area contributed by atoms with Crippen molar-refractivity contribution in [2.45, 2.75) is 45.3 Å². The average Bonchev–Trinajstić information content (AvgIpc) is 2.78. The number of benzene rings is 2. The monoisotopic (exact) mass is 280 g/mol. The lowest BCUT2D eigenvalue weighted by Gasteiger charge is -2.22. The second kappa shape index (κ2) is 5.63. The molecule has 1 aliphatic carbocycles. The second-order valence-electron chi connectivity index (χ2n) is 6.27. The summed E-state index contributed by atoms with van der Waals surface area (Å²) in [5, 5.41) is 3.77. The fourth-order valence-electron chi connectivity index (χ4n) is 3.45. The van der Waals surface area contributed by atoms with E-state index in [-0.39, 0.29) is 6.04 Å². The summed E-state index contributed by atoms with van der Waals surface area (Å²) in [6, 6.07) is 16.0. The van der Waals surface area contributed by atoms with Gasteiger partial charge in [0, 0.05) is 18.1 Å². The molecule has 3 rings (SSSR count). The van der Waals surface area contributed by atoms with Crippen LogP contribution in [0.2, 0.25) is 0 Å². The minimum Gasteiger partial charge on any atom is -0.324 e. The van der Waals surface area contributed by atoms with E-state index in [0.29, 0.717) is 12.1 Å². The van der Waals surface area contributed by atoms with E-state index in [1.54, 1.807) is 0 Å². The molecule has 0 heterocycles. The summed E-state index contributed by atoms with van der Waals surface area (Å²) >= 11 is 0. The van der Waals surface area contributed by atoms with Gasteiger partial charge in [-0.25, -0.2) is 0 Å². The molecule has 2 nitrogen and oxygen atoms in total. The SMILES string of the molecule is Cc1ccc(C)c(C(C)NC2CC(N)c3ccccc32)c1. The number of aryl methyl sites for hydroxylation is 2. The number of hydrogen-bond donors (Lipinski definition) is 2. The topological polar surface area (TPSA) is 38.0 Å². The van der Waals surface area contributed by atoms with Crippen molar-refractivity contribution in [1.29, 1.82) is 0 Å². The molecule has 2 heteroatoms. The van der Waals surface area contributed by atoms with Crippen LogP contribution in [0.5, 0.6) is 0 Å². The van der Waals surface area contributed by atoms with E-state index < -0.39 is 0 Å². The summed E-state index contributed by atoms with van der Waals surface area (Å²) < 4.78 is 0. The molecule has 21 heavy (non-hydrogen) atoms. The Balaban J connectivity index is 1.83. The summed E-state index contributed by atoms with van der Waals surface area (Å²) in [4.78, 5) is 0. The molecule has 0 saturated carbocycles. The number of hydrogen-bond acceptors (Lipinski definition) is 2. The van der Waals surface area contributed by atoms with Crippen LogP contribution < -0.4 is 11.1 Å². The van der Waals surface area contributed by atoms with Gasteiger partial charge in [-0.3, -0.25) is 0 Å². The first-order valence-corrected chi connectivity index (χ1v) is 7.74. The van der Waals surface area contributed by atoms with Gasteiger partial charge in [-0.15, -0.1) is 0 Å². The molecule has 110 valence electrons. The Hall–Kier alpha value is -1.64. The summed E-state index contributed by atoms with van der Waals surface area (Å²) in [5.41, 5.74) is 13.0. The highest BCUT2D eigenvalue weighted by molar-refractivity contribution is 5.38. The molecular weight excluding hydrogens is 256 g/mol. The maximum Gasteiger partial charge on any atom is 0.0347 e. The molecule has 2 aromatic carbocycles. The van der Waals surface area contributed by atoms with Crippen molar-refractivity contribution in [2.75, 3.05) is 0 Å². The van der Waals surface area contributed by atoms with Crippen molar-refractivity contribution in [2.24, 2.45) is 5.73 Å². The highest BCUT2D eigenvalue weighted by Gasteiger charge is 2.29. The number of nitrogens with two attached hydrogens (primary N) is 1. The highest BCUT2D eigenvalue weighted by atomic mass is 15.0. The lowest BCUT2D eigenvalue weighted by molar-refractivity contribution is 0.444. The molecule has 0 saturated heterocycles. The Kier molecular flexibility index (Phi) is 3.83. The van der Waals surface area contributed by atoms with Gasteiger partial charge in [-0.05, 0) is 49.4 Å². The molecule has 0 aliphatic heterocycles. The maximum atomic E-state index is 6.27. The maximum absolute atomic E-state index is 6.27. The smallest absolute Gasteiger partial charge is 0.0347 e. The third-order valence-electron chi connectivity index (χ3n) is 4.61. The first-order chi connectivity index (χ1) is 10.1. The van der Waals surface area contributed by atoms with Gasteiger partial charge in [-0.2, -0.15) is 0 Å². The van der Waals surface area contributed by atoms with Gasteiger partial charge >= 0.3 is 0 Å². The van der Waals surface area contributed by atoms with E-state index in [2.05, 4.69) is 68.6 Å². The Morgan fingerprint density at radius 3 is 2.57 bits per heavy atom. The molecule has 0 amide bonds. The van der Waals surface area contributed by atoms with Crippen LogP contribution in [-0.4, -0.2) is 0 Å². The van der Waals surface area contributed by atoms with Gasteiger partial charge in [0.2, 0.25) is 0 Å². The first kappa shape index (κ1) is 14.3. The molecule has 0 radical (unpaired) electrons. The fourth-order valence-corrected chi connectivity index (χ4v) is 3.45. The van der Waals surface area contributed by atoms with E-state index in [1.165, 1.54) is 27.8 Å². The van der Waals surface area contributed by atoms with Crippen LogP contribution in [0.25, 0.3) is 0 Å². The first-order valence-electron chi connectivity index (χ1n) is 7.74.